The molecule has 0 aliphatic carbocycles. The zero-order valence-corrected chi connectivity index (χ0v) is 13.7. The summed E-state index contributed by atoms with van der Waals surface area (Å²) in [6.07, 6.45) is 1.98. The highest BCUT2D eigenvalue weighted by Gasteiger charge is 2.42. The van der Waals surface area contributed by atoms with Crippen LogP contribution in [0.2, 0.25) is 0 Å². The Morgan fingerprint density at radius 3 is 3.05 bits per heavy atom. The zero-order valence-electron chi connectivity index (χ0n) is 12.9. The van der Waals surface area contributed by atoms with Crippen molar-refractivity contribution in [3.8, 4) is 0 Å². The fraction of sp³-hybridized carbons (Fsp3) is 0.733. The number of thiazole rings is 1. The second-order valence-electron chi connectivity index (χ2n) is 6.28. The lowest BCUT2D eigenvalue weighted by molar-refractivity contribution is -0.141. The number of likely N-dealkylation sites (tertiary alicyclic amines) is 1. The molecule has 0 aromatic carbocycles. The normalized spacial score (nSPS) is 29.4. The highest BCUT2D eigenvalue weighted by atomic mass is 32.1. The molecule has 0 N–H and O–H groups in total. The van der Waals surface area contributed by atoms with Gasteiger partial charge in [0.15, 0.2) is 0 Å². The van der Waals surface area contributed by atoms with Crippen molar-refractivity contribution in [1.29, 1.82) is 0 Å². The summed E-state index contributed by atoms with van der Waals surface area (Å²) in [4.78, 5) is 21.8. The Hall–Kier alpha value is -0.980. The van der Waals surface area contributed by atoms with Crippen LogP contribution in [0.3, 0.4) is 0 Å². The minimum Gasteiger partial charge on any atom is -0.364 e. The van der Waals surface area contributed by atoms with Crippen molar-refractivity contribution in [2.75, 3.05) is 27.2 Å². The molecule has 3 heterocycles. The quantitative estimate of drug-likeness (QED) is 0.849. The van der Waals surface area contributed by atoms with Gasteiger partial charge in [-0.1, -0.05) is 0 Å². The number of carbonyl (C=O) groups is 1. The van der Waals surface area contributed by atoms with E-state index in [2.05, 4.69) is 16.8 Å². The number of likely N-dealkylation sites (N-methyl/N-ethyl adjacent to an activating group) is 1. The first kappa shape index (κ1) is 14.9. The van der Waals surface area contributed by atoms with Gasteiger partial charge in [-0.3, -0.25) is 9.69 Å². The van der Waals surface area contributed by atoms with Gasteiger partial charge in [0.25, 0.3) is 5.91 Å². The van der Waals surface area contributed by atoms with Crippen LogP contribution >= 0.6 is 11.3 Å². The molecular weight excluding hydrogens is 286 g/mol. The summed E-state index contributed by atoms with van der Waals surface area (Å²) in [7, 11) is 3.60. The first-order valence-corrected chi connectivity index (χ1v) is 8.40. The van der Waals surface area contributed by atoms with Crippen LogP contribution in [0.4, 0.5) is 0 Å². The summed E-state index contributed by atoms with van der Waals surface area (Å²) in [5, 5.41) is 0. The van der Waals surface area contributed by atoms with E-state index in [0.29, 0.717) is 5.92 Å². The highest BCUT2D eigenvalue weighted by Crippen LogP contribution is 2.34. The van der Waals surface area contributed by atoms with Gasteiger partial charge in [0.2, 0.25) is 0 Å². The van der Waals surface area contributed by atoms with E-state index in [1.807, 2.05) is 5.51 Å². The first-order chi connectivity index (χ1) is 10.0. The number of hydrogen-bond donors (Lipinski definition) is 0. The van der Waals surface area contributed by atoms with Crippen molar-refractivity contribution in [2.24, 2.45) is 5.92 Å². The molecule has 2 saturated heterocycles. The lowest BCUT2D eigenvalue weighted by Crippen LogP contribution is -2.42. The lowest BCUT2D eigenvalue weighted by Gasteiger charge is -2.33. The van der Waals surface area contributed by atoms with Crippen molar-refractivity contribution < 1.29 is 9.53 Å². The highest BCUT2D eigenvalue weighted by molar-refractivity contribution is 7.09. The summed E-state index contributed by atoms with van der Waals surface area (Å²) in [5.41, 5.74) is 3.05. The molecule has 21 heavy (non-hydrogen) atoms. The molecule has 2 aliphatic heterocycles. The number of piperidine rings is 1. The molecule has 2 fully saturated rings. The largest absolute Gasteiger partial charge is 0.364 e. The van der Waals surface area contributed by atoms with Crippen LogP contribution < -0.4 is 0 Å². The van der Waals surface area contributed by atoms with E-state index in [1.54, 1.807) is 30.3 Å². The topological polar surface area (TPSA) is 45.7 Å². The predicted molar refractivity (Wildman–Crippen MR) is 82.2 cm³/mol. The number of aromatic nitrogens is 1. The van der Waals surface area contributed by atoms with E-state index in [9.17, 15) is 4.79 Å². The molecule has 0 unspecified atom stereocenters. The second kappa shape index (κ2) is 6.02. The summed E-state index contributed by atoms with van der Waals surface area (Å²) in [6, 6.07) is 0. The van der Waals surface area contributed by atoms with Gasteiger partial charge >= 0.3 is 0 Å². The van der Waals surface area contributed by atoms with Crippen molar-refractivity contribution in [2.45, 2.75) is 38.5 Å². The molecule has 1 aromatic heterocycles. The summed E-state index contributed by atoms with van der Waals surface area (Å²) < 4.78 is 6.02. The van der Waals surface area contributed by atoms with E-state index in [-0.39, 0.29) is 18.1 Å². The minimum atomic E-state index is -0.236. The molecule has 5 nitrogen and oxygen atoms in total. The molecule has 0 bridgehead atoms. The Morgan fingerprint density at radius 1 is 1.57 bits per heavy atom. The maximum absolute atomic E-state index is 12.1. The number of rotatable bonds is 3. The molecule has 0 saturated carbocycles. The van der Waals surface area contributed by atoms with Gasteiger partial charge < -0.3 is 9.64 Å². The SMILES string of the molecule is Cc1ncsc1CN1CC[C@H]2C[C@@H](C(=O)N(C)C)O[C@@H]2C1. The standard InChI is InChI=1S/C15H23N3O2S/c1-10-14(21-9-16-10)8-18-5-4-11-6-12(15(19)17(2)3)20-13(11)7-18/h9,11-13H,4-8H2,1-3H3/t11-,12-,13+/m0/s1. The average molecular weight is 309 g/mol. The van der Waals surface area contributed by atoms with Gasteiger partial charge in [-0.15, -0.1) is 11.3 Å². The number of ether oxygens (including phenoxy) is 1. The second-order valence-corrected chi connectivity index (χ2v) is 7.22. The predicted octanol–water partition coefficient (Wildman–Crippen LogP) is 1.52. The molecule has 3 atom stereocenters. The molecule has 6 heteroatoms. The van der Waals surface area contributed by atoms with Gasteiger partial charge in [0, 0.05) is 32.1 Å². The monoisotopic (exact) mass is 309 g/mol. The summed E-state index contributed by atoms with van der Waals surface area (Å²) >= 11 is 1.72. The molecule has 3 rings (SSSR count). The molecule has 0 spiro atoms. The van der Waals surface area contributed by atoms with Crippen molar-refractivity contribution in [3.63, 3.8) is 0 Å². The van der Waals surface area contributed by atoms with Crippen molar-refractivity contribution in [1.82, 2.24) is 14.8 Å². The van der Waals surface area contributed by atoms with Crippen LogP contribution in [0, 0.1) is 12.8 Å². The maximum atomic E-state index is 12.1. The molecule has 0 radical (unpaired) electrons. The van der Waals surface area contributed by atoms with Gasteiger partial charge in [0.1, 0.15) is 6.10 Å². The van der Waals surface area contributed by atoms with Gasteiger partial charge in [0.05, 0.1) is 17.3 Å². The van der Waals surface area contributed by atoms with Crippen LogP contribution in [-0.2, 0) is 16.1 Å². The summed E-state index contributed by atoms with van der Waals surface area (Å²) in [6.45, 7) is 5.04. The number of nitrogens with zero attached hydrogens (tertiary/aromatic N) is 3. The Morgan fingerprint density at radius 2 is 2.38 bits per heavy atom. The third kappa shape index (κ3) is 3.12. The van der Waals surface area contributed by atoms with E-state index in [4.69, 9.17) is 4.74 Å². The number of fused-ring (bicyclic) bond motifs is 1. The Bertz CT molecular complexity index is 517. The smallest absolute Gasteiger partial charge is 0.251 e. The number of aryl methyl sites for hydroxylation is 1. The lowest BCUT2D eigenvalue weighted by atomic mass is 9.91. The van der Waals surface area contributed by atoms with Crippen molar-refractivity contribution >= 4 is 17.2 Å². The average Bonchev–Trinajstić information content (AvgIpc) is 3.04. The Kier molecular flexibility index (Phi) is 4.28. The summed E-state index contributed by atoms with van der Waals surface area (Å²) in [5.74, 6) is 0.645. The van der Waals surface area contributed by atoms with E-state index in [0.717, 1.165) is 38.2 Å². The number of hydrogen-bond acceptors (Lipinski definition) is 5. The first-order valence-electron chi connectivity index (χ1n) is 7.52. The molecule has 1 amide bonds. The van der Waals surface area contributed by atoms with Crippen LogP contribution in [0.25, 0.3) is 0 Å². The molecular formula is C15H23N3O2S. The third-order valence-corrected chi connectivity index (χ3v) is 5.48. The number of amides is 1. The fourth-order valence-corrected chi connectivity index (χ4v) is 4.08. The van der Waals surface area contributed by atoms with Crippen LogP contribution in [0.15, 0.2) is 5.51 Å². The van der Waals surface area contributed by atoms with Crippen molar-refractivity contribution in [3.05, 3.63) is 16.1 Å². The van der Waals surface area contributed by atoms with E-state index < -0.39 is 0 Å². The van der Waals surface area contributed by atoms with Gasteiger partial charge in [-0.05, 0) is 32.2 Å². The third-order valence-electron chi connectivity index (χ3n) is 4.56. The minimum absolute atomic E-state index is 0.106. The van der Waals surface area contributed by atoms with E-state index >= 15 is 0 Å². The maximum Gasteiger partial charge on any atom is 0.251 e. The van der Waals surface area contributed by atoms with E-state index in [1.165, 1.54) is 4.88 Å². The van der Waals surface area contributed by atoms with Gasteiger partial charge in [-0.25, -0.2) is 4.98 Å². The molecule has 1 aromatic rings. The number of carbonyl (C=O) groups excluding carboxylic acids is 1. The fourth-order valence-electron chi connectivity index (χ4n) is 3.27. The van der Waals surface area contributed by atoms with Gasteiger partial charge in [-0.2, -0.15) is 0 Å². The zero-order chi connectivity index (χ0) is 15.0. The molecule has 116 valence electrons. The Balaban J connectivity index is 1.59. The van der Waals surface area contributed by atoms with Crippen LogP contribution in [0.1, 0.15) is 23.4 Å². The van der Waals surface area contributed by atoms with Crippen LogP contribution in [0.5, 0.6) is 0 Å². The van der Waals surface area contributed by atoms with Crippen LogP contribution in [-0.4, -0.2) is 60.1 Å². The Labute approximate surface area is 129 Å². The molecule has 2 aliphatic rings.